The average molecular weight is 434 g/mol. The number of aryl methyl sites for hydroxylation is 2. The highest BCUT2D eigenvalue weighted by Gasteiger charge is 2.22. The van der Waals surface area contributed by atoms with Crippen LogP contribution in [0.5, 0.6) is 11.5 Å². The van der Waals surface area contributed by atoms with Gasteiger partial charge in [0.1, 0.15) is 0 Å². The highest BCUT2D eigenvalue weighted by molar-refractivity contribution is 5.76. The maximum Gasteiger partial charge on any atom is 0.231 e. The molecule has 2 aromatic carbocycles. The molecule has 32 heavy (non-hydrogen) atoms. The van der Waals surface area contributed by atoms with E-state index in [2.05, 4.69) is 21.1 Å². The summed E-state index contributed by atoms with van der Waals surface area (Å²) in [5.74, 6) is 2.79. The van der Waals surface area contributed by atoms with Crippen LogP contribution in [0.15, 0.2) is 47.0 Å². The first-order chi connectivity index (χ1) is 15.6. The molecule has 2 aliphatic rings. The summed E-state index contributed by atoms with van der Waals surface area (Å²) >= 11 is 0. The fourth-order valence-corrected chi connectivity index (χ4v) is 4.00. The van der Waals surface area contributed by atoms with E-state index in [4.69, 9.17) is 14.0 Å². The van der Waals surface area contributed by atoms with Crippen LogP contribution in [0.1, 0.15) is 23.4 Å². The topological polar surface area (TPSA) is 80.9 Å². The molecule has 8 heteroatoms. The van der Waals surface area contributed by atoms with Gasteiger partial charge in [-0.3, -0.25) is 9.69 Å². The molecule has 8 nitrogen and oxygen atoms in total. The molecule has 0 unspecified atom stereocenters. The van der Waals surface area contributed by atoms with Crippen molar-refractivity contribution in [3.05, 3.63) is 59.5 Å². The van der Waals surface area contributed by atoms with E-state index in [1.54, 1.807) is 0 Å². The summed E-state index contributed by atoms with van der Waals surface area (Å²) in [6.45, 7) is 6.30. The zero-order valence-electron chi connectivity index (χ0n) is 18.1. The number of benzene rings is 2. The van der Waals surface area contributed by atoms with Crippen LogP contribution in [0.4, 0.5) is 0 Å². The molecule has 0 radical (unpaired) electrons. The number of piperazine rings is 1. The van der Waals surface area contributed by atoms with Crippen molar-refractivity contribution in [2.45, 2.75) is 26.3 Å². The minimum Gasteiger partial charge on any atom is -0.454 e. The molecule has 5 rings (SSSR count). The quantitative estimate of drug-likeness (QED) is 0.590. The SMILES string of the molecule is Cc1ccc(-c2noc(CCC(=O)N3CCN(Cc4ccc5c(c4)OCO5)CC3)n2)cc1. The first-order valence-electron chi connectivity index (χ1n) is 10.9. The van der Waals surface area contributed by atoms with E-state index in [9.17, 15) is 4.79 Å². The Morgan fingerprint density at radius 2 is 1.78 bits per heavy atom. The third-order valence-electron chi connectivity index (χ3n) is 5.90. The van der Waals surface area contributed by atoms with Gasteiger partial charge >= 0.3 is 0 Å². The molecule has 1 amide bonds. The number of ether oxygens (including phenoxy) is 2. The average Bonchev–Trinajstić information content (AvgIpc) is 3.48. The van der Waals surface area contributed by atoms with Crippen molar-refractivity contribution in [1.82, 2.24) is 19.9 Å². The Balaban J connectivity index is 1.08. The van der Waals surface area contributed by atoms with E-state index in [0.717, 1.165) is 49.8 Å². The molecule has 3 heterocycles. The van der Waals surface area contributed by atoms with E-state index in [1.165, 1.54) is 11.1 Å². The number of carbonyl (C=O) groups is 1. The number of hydrogen-bond donors (Lipinski definition) is 0. The van der Waals surface area contributed by atoms with E-state index in [1.807, 2.05) is 48.2 Å². The highest BCUT2D eigenvalue weighted by atomic mass is 16.7. The third kappa shape index (κ3) is 4.60. The molecule has 3 aromatic rings. The summed E-state index contributed by atoms with van der Waals surface area (Å²) in [5, 5.41) is 4.04. The van der Waals surface area contributed by atoms with E-state index < -0.39 is 0 Å². The number of aromatic nitrogens is 2. The maximum atomic E-state index is 12.7. The Morgan fingerprint density at radius 3 is 2.59 bits per heavy atom. The molecule has 0 saturated carbocycles. The van der Waals surface area contributed by atoms with Crippen molar-refractivity contribution in [1.29, 1.82) is 0 Å². The van der Waals surface area contributed by atoms with Gasteiger partial charge in [0.25, 0.3) is 0 Å². The molecule has 1 fully saturated rings. The second-order valence-electron chi connectivity index (χ2n) is 8.22. The summed E-state index contributed by atoms with van der Waals surface area (Å²) in [4.78, 5) is 21.4. The van der Waals surface area contributed by atoms with Crippen LogP contribution in [-0.4, -0.2) is 58.8 Å². The van der Waals surface area contributed by atoms with Crippen molar-refractivity contribution in [3.8, 4) is 22.9 Å². The van der Waals surface area contributed by atoms with Gasteiger partial charge in [0.15, 0.2) is 11.5 Å². The predicted molar refractivity (Wildman–Crippen MR) is 117 cm³/mol. The van der Waals surface area contributed by atoms with E-state index >= 15 is 0 Å². The predicted octanol–water partition coefficient (Wildman–Crippen LogP) is 3.05. The number of hydrogen-bond acceptors (Lipinski definition) is 7. The number of rotatable bonds is 6. The third-order valence-corrected chi connectivity index (χ3v) is 5.90. The molecule has 0 aliphatic carbocycles. The summed E-state index contributed by atoms with van der Waals surface area (Å²) in [6, 6.07) is 14.0. The Labute approximate surface area is 186 Å². The number of amides is 1. The fourth-order valence-electron chi connectivity index (χ4n) is 4.00. The summed E-state index contributed by atoms with van der Waals surface area (Å²) in [6.07, 6.45) is 0.826. The van der Waals surface area contributed by atoms with Crippen LogP contribution in [-0.2, 0) is 17.8 Å². The van der Waals surface area contributed by atoms with Crippen molar-refractivity contribution in [3.63, 3.8) is 0 Å². The second kappa shape index (κ2) is 9.00. The summed E-state index contributed by atoms with van der Waals surface area (Å²) < 4.78 is 16.2. The van der Waals surface area contributed by atoms with Crippen molar-refractivity contribution < 1.29 is 18.8 Å². The fraction of sp³-hybridized carbons (Fsp3) is 0.375. The lowest BCUT2D eigenvalue weighted by molar-refractivity contribution is -0.133. The van der Waals surface area contributed by atoms with Crippen LogP contribution in [0, 0.1) is 6.92 Å². The van der Waals surface area contributed by atoms with Crippen LogP contribution in [0.25, 0.3) is 11.4 Å². The van der Waals surface area contributed by atoms with Crippen molar-refractivity contribution in [2.24, 2.45) is 0 Å². The van der Waals surface area contributed by atoms with Crippen LogP contribution in [0.2, 0.25) is 0 Å². The van der Waals surface area contributed by atoms with Gasteiger partial charge in [-0.1, -0.05) is 41.1 Å². The highest BCUT2D eigenvalue weighted by Crippen LogP contribution is 2.32. The van der Waals surface area contributed by atoms with Gasteiger partial charge < -0.3 is 18.9 Å². The smallest absolute Gasteiger partial charge is 0.231 e. The molecule has 0 spiro atoms. The van der Waals surface area contributed by atoms with Crippen LogP contribution < -0.4 is 9.47 Å². The number of carbonyl (C=O) groups excluding carboxylic acids is 1. The van der Waals surface area contributed by atoms with Crippen molar-refractivity contribution >= 4 is 5.91 Å². The zero-order chi connectivity index (χ0) is 21.9. The minimum atomic E-state index is 0.128. The van der Waals surface area contributed by atoms with Gasteiger partial charge in [-0.15, -0.1) is 0 Å². The Hall–Kier alpha value is -3.39. The summed E-state index contributed by atoms with van der Waals surface area (Å²) in [7, 11) is 0. The number of nitrogens with zero attached hydrogens (tertiary/aromatic N) is 4. The second-order valence-corrected chi connectivity index (χ2v) is 8.22. The van der Waals surface area contributed by atoms with Gasteiger partial charge in [0.05, 0.1) is 0 Å². The minimum absolute atomic E-state index is 0.128. The lowest BCUT2D eigenvalue weighted by Crippen LogP contribution is -2.48. The van der Waals surface area contributed by atoms with Gasteiger partial charge in [-0.25, -0.2) is 0 Å². The number of fused-ring (bicyclic) bond motifs is 1. The van der Waals surface area contributed by atoms with Gasteiger partial charge in [0, 0.05) is 51.1 Å². The van der Waals surface area contributed by atoms with Gasteiger partial charge in [-0.05, 0) is 24.6 Å². The lowest BCUT2D eigenvalue weighted by Gasteiger charge is -2.34. The van der Waals surface area contributed by atoms with Crippen LogP contribution in [0.3, 0.4) is 0 Å². The van der Waals surface area contributed by atoms with Crippen LogP contribution >= 0.6 is 0 Å². The first-order valence-corrected chi connectivity index (χ1v) is 10.9. The van der Waals surface area contributed by atoms with Gasteiger partial charge in [-0.2, -0.15) is 4.98 Å². The summed E-state index contributed by atoms with van der Waals surface area (Å²) in [5.41, 5.74) is 3.28. The molecular weight excluding hydrogens is 408 g/mol. The molecular formula is C24H26N4O4. The van der Waals surface area contributed by atoms with E-state index in [-0.39, 0.29) is 12.7 Å². The molecule has 2 aliphatic heterocycles. The van der Waals surface area contributed by atoms with E-state index in [0.29, 0.717) is 24.6 Å². The molecule has 0 atom stereocenters. The Morgan fingerprint density at radius 1 is 1.00 bits per heavy atom. The normalized spacial score (nSPS) is 15.8. The maximum absolute atomic E-state index is 12.7. The molecule has 1 aromatic heterocycles. The lowest BCUT2D eigenvalue weighted by atomic mass is 10.1. The molecule has 166 valence electrons. The molecule has 1 saturated heterocycles. The standard InChI is InChI=1S/C24H26N4O4/c1-17-2-5-19(6-3-17)24-25-22(32-26-24)8-9-23(29)28-12-10-27(11-13-28)15-18-4-7-20-21(14-18)31-16-30-20/h2-7,14H,8-13,15-16H2,1H3. The van der Waals surface area contributed by atoms with Crippen molar-refractivity contribution in [2.75, 3.05) is 33.0 Å². The molecule has 0 bridgehead atoms. The Kier molecular flexibility index (Phi) is 5.77. The zero-order valence-corrected chi connectivity index (χ0v) is 18.1. The monoisotopic (exact) mass is 434 g/mol. The van der Waals surface area contributed by atoms with Gasteiger partial charge in [0.2, 0.25) is 24.4 Å². The molecule has 0 N–H and O–H groups in total. The first kappa shape index (κ1) is 20.5. The largest absolute Gasteiger partial charge is 0.454 e. The Bertz CT molecular complexity index is 1090.